The quantitative estimate of drug-likeness (QED) is 0.435. The van der Waals surface area contributed by atoms with Crippen LogP contribution in [-0.4, -0.2) is 29.5 Å². The van der Waals surface area contributed by atoms with Crippen LogP contribution in [0.4, 0.5) is 0 Å². The van der Waals surface area contributed by atoms with E-state index in [0.29, 0.717) is 0 Å². The van der Waals surface area contributed by atoms with Crippen LogP contribution in [0, 0.1) is 6.92 Å². The number of nitrogens with one attached hydrogen (secondary N) is 3. The second-order valence-electron chi connectivity index (χ2n) is 4.73. The van der Waals surface area contributed by atoms with Crippen molar-refractivity contribution >= 4 is 29.5 Å². The van der Waals surface area contributed by atoms with E-state index in [1.54, 1.807) is 13.8 Å². The number of hydrazine groups is 1. The Morgan fingerprint density at radius 3 is 2.24 bits per heavy atom. The van der Waals surface area contributed by atoms with Crippen molar-refractivity contribution < 1.29 is 14.4 Å². The minimum absolute atomic E-state index is 0.143. The standard InChI is InChI=1S/C14H19N3O3S/c1-9(2)15-13(19)14(20)17-16-12(18)8-21-11-6-4-10(3)5-7-11/h4-7,9H,8H2,1-3H3,(H,15,19)(H,16,18)(H,17,20). The molecule has 1 rings (SSSR count). The molecular formula is C14H19N3O3S. The molecule has 0 saturated carbocycles. The number of thioether (sulfide) groups is 1. The maximum atomic E-state index is 11.6. The number of benzene rings is 1. The molecule has 0 aliphatic heterocycles. The largest absolute Gasteiger partial charge is 0.346 e. The molecule has 0 aromatic heterocycles. The second-order valence-corrected chi connectivity index (χ2v) is 5.78. The number of hydrogen-bond acceptors (Lipinski definition) is 4. The van der Waals surface area contributed by atoms with E-state index in [2.05, 4.69) is 16.2 Å². The van der Waals surface area contributed by atoms with E-state index in [-0.39, 0.29) is 17.7 Å². The molecule has 0 fully saturated rings. The highest BCUT2D eigenvalue weighted by Crippen LogP contribution is 2.17. The maximum Gasteiger partial charge on any atom is 0.327 e. The molecule has 0 atom stereocenters. The Hall–Kier alpha value is -2.02. The summed E-state index contributed by atoms with van der Waals surface area (Å²) in [5.41, 5.74) is 5.41. The smallest absolute Gasteiger partial charge is 0.327 e. The topological polar surface area (TPSA) is 87.3 Å². The number of hydrogen-bond donors (Lipinski definition) is 3. The molecule has 7 heteroatoms. The van der Waals surface area contributed by atoms with Crippen LogP contribution in [0.3, 0.4) is 0 Å². The van der Waals surface area contributed by atoms with Crippen LogP contribution in [0.1, 0.15) is 19.4 Å². The highest BCUT2D eigenvalue weighted by atomic mass is 32.2. The molecule has 0 bridgehead atoms. The molecular weight excluding hydrogens is 290 g/mol. The summed E-state index contributed by atoms with van der Waals surface area (Å²) in [5, 5.41) is 2.42. The van der Waals surface area contributed by atoms with E-state index >= 15 is 0 Å². The lowest BCUT2D eigenvalue weighted by atomic mass is 10.2. The molecule has 0 spiro atoms. The number of amides is 3. The Bertz CT molecular complexity index is 515. The summed E-state index contributed by atoms with van der Waals surface area (Å²) < 4.78 is 0. The molecule has 3 N–H and O–H groups in total. The molecule has 21 heavy (non-hydrogen) atoms. The zero-order chi connectivity index (χ0) is 15.8. The summed E-state index contributed by atoms with van der Waals surface area (Å²) in [6, 6.07) is 7.61. The molecule has 0 heterocycles. The van der Waals surface area contributed by atoms with Gasteiger partial charge in [-0.3, -0.25) is 25.2 Å². The second kappa shape index (κ2) is 8.31. The van der Waals surface area contributed by atoms with E-state index in [9.17, 15) is 14.4 Å². The highest BCUT2D eigenvalue weighted by molar-refractivity contribution is 8.00. The third-order valence-corrected chi connectivity index (χ3v) is 3.34. The van der Waals surface area contributed by atoms with Crippen LogP contribution >= 0.6 is 11.8 Å². The van der Waals surface area contributed by atoms with Gasteiger partial charge in [-0.25, -0.2) is 0 Å². The zero-order valence-electron chi connectivity index (χ0n) is 12.2. The van der Waals surface area contributed by atoms with Gasteiger partial charge in [0.2, 0.25) is 5.91 Å². The molecule has 0 unspecified atom stereocenters. The lowest BCUT2D eigenvalue weighted by Crippen LogP contribution is -2.50. The van der Waals surface area contributed by atoms with Crippen LogP contribution in [0.25, 0.3) is 0 Å². The third kappa shape index (κ3) is 6.80. The fourth-order valence-corrected chi connectivity index (χ4v) is 2.03. The summed E-state index contributed by atoms with van der Waals surface area (Å²) in [7, 11) is 0. The lowest BCUT2D eigenvalue weighted by molar-refractivity contribution is -0.141. The molecule has 3 amide bonds. The average Bonchev–Trinajstić information content (AvgIpc) is 2.43. The van der Waals surface area contributed by atoms with Gasteiger partial charge in [-0.1, -0.05) is 17.7 Å². The molecule has 0 aliphatic rings. The zero-order valence-corrected chi connectivity index (χ0v) is 13.0. The molecule has 0 saturated heterocycles. The van der Waals surface area contributed by atoms with Gasteiger partial charge in [0.1, 0.15) is 0 Å². The average molecular weight is 309 g/mol. The Kier molecular flexibility index (Phi) is 6.74. The summed E-state index contributed by atoms with van der Waals surface area (Å²) in [5.74, 6) is -1.91. The number of carbonyl (C=O) groups excluding carboxylic acids is 3. The van der Waals surface area contributed by atoms with Crippen molar-refractivity contribution in [3.05, 3.63) is 29.8 Å². The van der Waals surface area contributed by atoms with Gasteiger partial charge in [0.05, 0.1) is 5.75 Å². The lowest BCUT2D eigenvalue weighted by Gasteiger charge is -2.09. The van der Waals surface area contributed by atoms with Crippen molar-refractivity contribution in [2.75, 3.05) is 5.75 Å². The predicted molar refractivity (Wildman–Crippen MR) is 81.5 cm³/mol. The SMILES string of the molecule is Cc1ccc(SCC(=O)NNC(=O)C(=O)NC(C)C)cc1. The number of carbonyl (C=O) groups is 3. The summed E-state index contributed by atoms with van der Waals surface area (Å²) in [6.07, 6.45) is 0. The third-order valence-electron chi connectivity index (χ3n) is 2.33. The first-order valence-electron chi connectivity index (χ1n) is 6.47. The van der Waals surface area contributed by atoms with E-state index in [4.69, 9.17) is 0 Å². The van der Waals surface area contributed by atoms with E-state index in [0.717, 1.165) is 10.5 Å². The van der Waals surface area contributed by atoms with Gasteiger partial charge in [-0.05, 0) is 32.9 Å². The van der Waals surface area contributed by atoms with E-state index in [1.807, 2.05) is 31.2 Å². The highest BCUT2D eigenvalue weighted by Gasteiger charge is 2.14. The molecule has 0 aliphatic carbocycles. The first kappa shape index (κ1) is 17.0. The number of rotatable bonds is 4. The molecule has 1 aromatic carbocycles. The summed E-state index contributed by atoms with van der Waals surface area (Å²) >= 11 is 1.34. The Morgan fingerprint density at radius 1 is 1.05 bits per heavy atom. The van der Waals surface area contributed by atoms with Crippen molar-refractivity contribution in [1.82, 2.24) is 16.2 Å². The van der Waals surface area contributed by atoms with Crippen molar-refractivity contribution in [1.29, 1.82) is 0 Å². The monoisotopic (exact) mass is 309 g/mol. The number of aryl methyl sites for hydroxylation is 1. The van der Waals surface area contributed by atoms with Crippen molar-refractivity contribution in [2.45, 2.75) is 31.7 Å². The van der Waals surface area contributed by atoms with Gasteiger partial charge in [0.25, 0.3) is 0 Å². The van der Waals surface area contributed by atoms with Crippen molar-refractivity contribution in [3.63, 3.8) is 0 Å². The summed E-state index contributed by atoms with van der Waals surface area (Å²) in [4.78, 5) is 35.2. The van der Waals surface area contributed by atoms with Crippen LogP contribution < -0.4 is 16.2 Å². The molecule has 114 valence electrons. The van der Waals surface area contributed by atoms with Crippen LogP contribution in [0.2, 0.25) is 0 Å². The van der Waals surface area contributed by atoms with E-state index in [1.165, 1.54) is 11.8 Å². The van der Waals surface area contributed by atoms with Crippen LogP contribution in [0.15, 0.2) is 29.2 Å². The Labute approximate surface area is 128 Å². The maximum absolute atomic E-state index is 11.6. The van der Waals surface area contributed by atoms with Gasteiger partial charge >= 0.3 is 11.8 Å². The first-order chi connectivity index (χ1) is 9.88. The molecule has 0 radical (unpaired) electrons. The van der Waals surface area contributed by atoms with E-state index < -0.39 is 11.8 Å². The summed E-state index contributed by atoms with van der Waals surface area (Å²) in [6.45, 7) is 5.46. The fraction of sp³-hybridized carbons (Fsp3) is 0.357. The van der Waals surface area contributed by atoms with Gasteiger partial charge < -0.3 is 5.32 Å². The first-order valence-corrected chi connectivity index (χ1v) is 7.46. The molecule has 6 nitrogen and oxygen atoms in total. The van der Waals surface area contributed by atoms with Gasteiger partial charge in [0, 0.05) is 10.9 Å². The molecule has 1 aromatic rings. The van der Waals surface area contributed by atoms with Crippen LogP contribution in [0.5, 0.6) is 0 Å². The Balaban J connectivity index is 2.29. The normalized spacial score (nSPS) is 10.1. The van der Waals surface area contributed by atoms with Gasteiger partial charge in [-0.15, -0.1) is 11.8 Å². The van der Waals surface area contributed by atoms with Crippen LogP contribution in [-0.2, 0) is 14.4 Å². The van der Waals surface area contributed by atoms with Crippen molar-refractivity contribution in [3.8, 4) is 0 Å². The minimum Gasteiger partial charge on any atom is -0.346 e. The minimum atomic E-state index is -0.891. The van der Waals surface area contributed by atoms with Gasteiger partial charge in [0.15, 0.2) is 0 Å². The fourth-order valence-electron chi connectivity index (χ4n) is 1.33. The van der Waals surface area contributed by atoms with Gasteiger partial charge in [-0.2, -0.15) is 0 Å². The Morgan fingerprint density at radius 2 is 1.67 bits per heavy atom. The predicted octanol–water partition coefficient (Wildman–Crippen LogP) is 0.759. The van der Waals surface area contributed by atoms with Crippen molar-refractivity contribution in [2.24, 2.45) is 0 Å².